The van der Waals surface area contributed by atoms with Crippen LogP contribution < -0.4 is 10.6 Å². The summed E-state index contributed by atoms with van der Waals surface area (Å²) in [4.78, 5) is 0. The normalized spacial score (nSPS) is 18.0. The lowest BCUT2D eigenvalue weighted by Crippen LogP contribution is -2.25. The second-order valence-electron chi connectivity index (χ2n) is 1.41. The largest absolute Gasteiger partial charge is 0.369 e. The Balaban J connectivity index is 2.47. The Morgan fingerprint density at radius 2 is 2.57 bits per heavy atom. The van der Waals surface area contributed by atoms with Gasteiger partial charge in [0, 0.05) is 12.7 Å². The molecule has 0 saturated heterocycles. The van der Waals surface area contributed by atoms with E-state index in [-0.39, 0.29) is 0 Å². The third kappa shape index (κ3) is 0.961. The van der Waals surface area contributed by atoms with Crippen molar-refractivity contribution in [1.29, 1.82) is 0 Å². The summed E-state index contributed by atoms with van der Waals surface area (Å²) in [6, 6.07) is 0. The topological polar surface area (TPSA) is 24.1 Å². The first-order chi connectivity index (χ1) is 3.39. The highest BCUT2D eigenvalue weighted by molar-refractivity contribution is 5.02. The van der Waals surface area contributed by atoms with Crippen LogP contribution in [0.3, 0.4) is 0 Å². The van der Waals surface area contributed by atoms with Gasteiger partial charge in [-0.3, -0.25) is 0 Å². The molecule has 0 atom stereocenters. The quantitative estimate of drug-likeness (QED) is 0.449. The first kappa shape index (κ1) is 4.24. The van der Waals surface area contributed by atoms with Crippen LogP contribution in [0, 0.1) is 0 Å². The lowest BCUT2D eigenvalue weighted by molar-refractivity contribution is 0.789. The molecule has 0 bridgehead atoms. The summed E-state index contributed by atoms with van der Waals surface area (Å²) in [5, 5.41) is 5.89. The van der Waals surface area contributed by atoms with Crippen molar-refractivity contribution in [2.75, 3.05) is 6.54 Å². The van der Waals surface area contributed by atoms with Gasteiger partial charge >= 0.3 is 0 Å². The van der Waals surface area contributed by atoms with Gasteiger partial charge in [0.25, 0.3) is 0 Å². The van der Waals surface area contributed by atoms with Crippen LogP contribution in [0.5, 0.6) is 0 Å². The fourth-order valence-electron chi connectivity index (χ4n) is 0.452. The lowest BCUT2D eigenvalue weighted by atomic mass is 10.5. The minimum atomic E-state index is 0.877. The Hall–Kier alpha value is -0.920. The Labute approximate surface area is 42.9 Å². The van der Waals surface area contributed by atoms with E-state index in [9.17, 15) is 0 Å². The van der Waals surface area contributed by atoms with Gasteiger partial charge in [-0.25, -0.2) is 0 Å². The molecule has 0 saturated carbocycles. The average Bonchev–Trinajstić information content (AvgIpc) is 1.69. The summed E-state index contributed by atoms with van der Waals surface area (Å²) in [6.45, 7) is 4.54. The number of hydrogen-bond acceptors (Lipinski definition) is 2. The van der Waals surface area contributed by atoms with E-state index < -0.39 is 0 Å². The SMILES string of the molecule is C=C1NC=CCN1. The molecule has 2 nitrogen and oxygen atoms in total. The van der Waals surface area contributed by atoms with Gasteiger partial charge in [-0.05, 0) is 6.08 Å². The van der Waals surface area contributed by atoms with Crippen molar-refractivity contribution in [3.63, 3.8) is 0 Å². The van der Waals surface area contributed by atoms with E-state index in [4.69, 9.17) is 0 Å². The summed E-state index contributed by atoms with van der Waals surface area (Å²) in [6.07, 6.45) is 3.87. The molecule has 7 heavy (non-hydrogen) atoms. The fraction of sp³-hybridized carbons (Fsp3) is 0.200. The summed E-state index contributed by atoms with van der Waals surface area (Å²) in [5.41, 5.74) is 0. The fourth-order valence-corrected chi connectivity index (χ4v) is 0.452. The van der Waals surface area contributed by atoms with Gasteiger partial charge in [-0.2, -0.15) is 0 Å². The van der Waals surface area contributed by atoms with E-state index in [2.05, 4.69) is 17.2 Å². The molecule has 0 fully saturated rings. The molecule has 1 heterocycles. The highest BCUT2D eigenvalue weighted by atomic mass is 15.1. The average molecular weight is 96.1 g/mol. The smallest absolute Gasteiger partial charge is 0.0954 e. The summed E-state index contributed by atoms with van der Waals surface area (Å²) >= 11 is 0. The molecule has 38 valence electrons. The Morgan fingerprint density at radius 3 is 2.86 bits per heavy atom. The highest BCUT2D eigenvalue weighted by Gasteiger charge is 1.88. The predicted octanol–water partition coefficient (Wildman–Crippen LogP) is 0.164. The van der Waals surface area contributed by atoms with E-state index in [1.165, 1.54) is 0 Å². The van der Waals surface area contributed by atoms with Gasteiger partial charge in [0.1, 0.15) is 0 Å². The minimum Gasteiger partial charge on any atom is -0.369 e. The third-order valence-electron chi connectivity index (χ3n) is 0.809. The first-order valence-corrected chi connectivity index (χ1v) is 2.24. The zero-order valence-corrected chi connectivity index (χ0v) is 4.07. The van der Waals surface area contributed by atoms with Crippen LogP contribution in [0.4, 0.5) is 0 Å². The Morgan fingerprint density at radius 1 is 1.71 bits per heavy atom. The van der Waals surface area contributed by atoms with E-state index in [1.807, 2.05) is 12.3 Å². The van der Waals surface area contributed by atoms with Crippen molar-refractivity contribution in [1.82, 2.24) is 10.6 Å². The van der Waals surface area contributed by atoms with Crippen molar-refractivity contribution in [3.8, 4) is 0 Å². The number of nitrogens with one attached hydrogen (secondary N) is 2. The molecule has 0 aromatic heterocycles. The lowest BCUT2D eigenvalue weighted by Gasteiger charge is -2.10. The molecule has 0 amide bonds. The molecule has 0 unspecified atom stereocenters. The molecule has 1 aliphatic heterocycles. The monoisotopic (exact) mass is 96.1 g/mol. The van der Waals surface area contributed by atoms with Crippen LogP contribution in [0.2, 0.25) is 0 Å². The van der Waals surface area contributed by atoms with Crippen molar-refractivity contribution in [2.45, 2.75) is 0 Å². The van der Waals surface area contributed by atoms with Gasteiger partial charge in [-0.15, -0.1) is 0 Å². The summed E-state index contributed by atoms with van der Waals surface area (Å²) in [5.74, 6) is 0.877. The zero-order valence-electron chi connectivity index (χ0n) is 4.07. The van der Waals surface area contributed by atoms with E-state index in [1.54, 1.807) is 0 Å². The van der Waals surface area contributed by atoms with Gasteiger partial charge in [0.15, 0.2) is 0 Å². The van der Waals surface area contributed by atoms with E-state index in [0.717, 1.165) is 12.4 Å². The van der Waals surface area contributed by atoms with Crippen LogP contribution in [0.25, 0.3) is 0 Å². The second-order valence-corrected chi connectivity index (χ2v) is 1.41. The Bertz CT molecular complexity index is 105. The zero-order chi connectivity index (χ0) is 5.11. The molecular weight excluding hydrogens is 88.1 g/mol. The molecule has 1 aliphatic rings. The molecule has 0 aromatic rings. The number of hydrogen-bond donors (Lipinski definition) is 2. The molecule has 1 rings (SSSR count). The predicted molar refractivity (Wildman–Crippen MR) is 29.4 cm³/mol. The maximum absolute atomic E-state index is 3.64. The molecule has 0 aromatic carbocycles. The third-order valence-corrected chi connectivity index (χ3v) is 0.809. The molecule has 2 N–H and O–H groups in total. The minimum absolute atomic E-state index is 0.877. The van der Waals surface area contributed by atoms with Crippen molar-refractivity contribution in [3.05, 3.63) is 24.7 Å². The van der Waals surface area contributed by atoms with Crippen LogP contribution in [0.1, 0.15) is 0 Å². The van der Waals surface area contributed by atoms with Crippen LogP contribution in [-0.2, 0) is 0 Å². The highest BCUT2D eigenvalue weighted by Crippen LogP contribution is 1.82. The van der Waals surface area contributed by atoms with Crippen LogP contribution >= 0.6 is 0 Å². The summed E-state index contributed by atoms with van der Waals surface area (Å²) in [7, 11) is 0. The van der Waals surface area contributed by atoms with Gasteiger partial charge in [-0.1, -0.05) is 6.58 Å². The van der Waals surface area contributed by atoms with E-state index >= 15 is 0 Å². The standard InChI is InChI=1S/C5H8N2/c1-5-6-3-2-4-7-5/h2-3,6-7H,1,4H2. The van der Waals surface area contributed by atoms with Crippen molar-refractivity contribution >= 4 is 0 Å². The molecule has 0 spiro atoms. The maximum Gasteiger partial charge on any atom is 0.0954 e. The van der Waals surface area contributed by atoms with Gasteiger partial charge < -0.3 is 10.6 Å². The second kappa shape index (κ2) is 1.69. The molecule has 0 radical (unpaired) electrons. The first-order valence-electron chi connectivity index (χ1n) is 2.24. The van der Waals surface area contributed by atoms with Gasteiger partial charge in [0.05, 0.1) is 5.82 Å². The van der Waals surface area contributed by atoms with E-state index in [0.29, 0.717) is 0 Å². The molecule has 0 aliphatic carbocycles. The number of rotatable bonds is 0. The van der Waals surface area contributed by atoms with Crippen molar-refractivity contribution < 1.29 is 0 Å². The van der Waals surface area contributed by atoms with Crippen molar-refractivity contribution in [2.24, 2.45) is 0 Å². The van der Waals surface area contributed by atoms with Crippen LogP contribution in [0.15, 0.2) is 24.7 Å². The van der Waals surface area contributed by atoms with Gasteiger partial charge in [0.2, 0.25) is 0 Å². The molecule has 2 heteroatoms. The summed E-state index contributed by atoms with van der Waals surface area (Å²) < 4.78 is 0. The maximum atomic E-state index is 3.64. The Kier molecular flexibility index (Phi) is 1.02. The molecular formula is C5H8N2. The van der Waals surface area contributed by atoms with Crippen LogP contribution in [-0.4, -0.2) is 6.54 Å².